The Kier molecular flexibility index (Phi) is 5.88. The van der Waals surface area contributed by atoms with Gasteiger partial charge in [0.15, 0.2) is 0 Å². The second-order valence-corrected chi connectivity index (χ2v) is 8.52. The predicted octanol–water partition coefficient (Wildman–Crippen LogP) is 5.56. The van der Waals surface area contributed by atoms with Crippen LogP contribution in [-0.2, 0) is 12.8 Å². The van der Waals surface area contributed by atoms with Gasteiger partial charge in [0, 0.05) is 46.7 Å². The van der Waals surface area contributed by atoms with Crippen LogP contribution in [0.15, 0.2) is 54.9 Å². The number of benzene rings is 1. The maximum atomic E-state index is 4.78. The van der Waals surface area contributed by atoms with E-state index in [2.05, 4.69) is 78.2 Å². The van der Waals surface area contributed by atoms with Gasteiger partial charge in [-0.3, -0.25) is 10.1 Å². The van der Waals surface area contributed by atoms with E-state index in [-0.39, 0.29) is 5.92 Å². The molecule has 0 aliphatic heterocycles. The van der Waals surface area contributed by atoms with E-state index in [1.807, 2.05) is 24.5 Å². The summed E-state index contributed by atoms with van der Waals surface area (Å²) in [6.07, 6.45) is 5.65. The quantitative estimate of drug-likeness (QED) is 0.441. The zero-order valence-corrected chi connectivity index (χ0v) is 18.1. The normalized spacial score (nSPS) is 13.6. The fraction of sp³-hybridized carbons (Fsp3) is 0.360. The molecule has 2 atom stereocenters. The number of hydrogen-bond acceptors (Lipinski definition) is 4. The Morgan fingerprint density at radius 1 is 0.833 bits per heavy atom. The molecular weight excluding hydrogens is 370 g/mol. The van der Waals surface area contributed by atoms with Gasteiger partial charge < -0.3 is 0 Å². The van der Waals surface area contributed by atoms with Crippen LogP contribution in [0, 0.1) is 0 Å². The Labute approximate surface area is 178 Å². The van der Waals surface area contributed by atoms with E-state index in [4.69, 9.17) is 4.98 Å². The lowest BCUT2D eigenvalue weighted by Crippen LogP contribution is -2.08. The lowest BCUT2D eigenvalue weighted by Gasteiger charge is -2.13. The van der Waals surface area contributed by atoms with Crippen LogP contribution in [-0.4, -0.2) is 25.1 Å². The summed E-state index contributed by atoms with van der Waals surface area (Å²) in [5, 5.41) is 8.81. The van der Waals surface area contributed by atoms with Gasteiger partial charge in [0.25, 0.3) is 0 Å². The molecule has 154 valence electrons. The fourth-order valence-corrected chi connectivity index (χ4v) is 3.87. The Morgan fingerprint density at radius 2 is 1.60 bits per heavy atom. The Morgan fingerprint density at radius 3 is 2.37 bits per heavy atom. The number of nitrogens with one attached hydrogen (secondary N) is 1. The minimum Gasteiger partial charge on any atom is -0.281 e. The molecular formula is C25H29N5. The van der Waals surface area contributed by atoms with E-state index >= 15 is 0 Å². The molecule has 3 heterocycles. The molecule has 5 heteroatoms. The molecule has 5 nitrogen and oxygen atoms in total. The van der Waals surface area contributed by atoms with Crippen LogP contribution in [0.1, 0.15) is 73.9 Å². The third kappa shape index (κ3) is 4.40. The molecule has 1 aromatic carbocycles. The zero-order chi connectivity index (χ0) is 21.1. The lowest BCUT2D eigenvalue weighted by molar-refractivity contribution is 0.669. The summed E-state index contributed by atoms with van der Waals surface area (Å²) in [5.74, 6) is 1.84. The van der Waals surface area contributed by atoms with Gasteiger partial charge in [0.2, 0.25) is 0 Å². The monoisotopic (exact) mass is 399 g/mol. The van der Waals surface area contributed by atoms with Crippen molar-refractivity contribution >= 4 is 10.9 Å². The molecule has 4 rings (SSSR count). The van der Waals surface area contributed by atoms with Gasteiger partial charge in [-0.25, -0.2) is 9.97 Å². The molecule has 4 aromatic rings. The summed E-state index contributed by atoms with van der Waals surface area (Å²) in [5.41, 5.74) is 5.54. The summed E-state index contributed by atoms with van der Waals surface area (Å²) in [6, 6.07) is 14.5. The Bertz CT molecular complexity index is 1110. The second-order valence-electron chi connectivity index (χ2n) is 8.52. The number of pyridine rings is 1. The summed E-state index contributed by atoms with van der Waals surface area (Å²) in [6.45, 7) is 8.72. The first-order valence-corrected chi connectivity index (χ1v) is 10.7. The van der Waals surface area contributed by atoms with Crippen LogP contribution in [0.4, 0.5) is 0 Å². The number of aromatic amines is 1. The molecule has 0 saturated carbocycles. The molecule has 0 spiro atoms. The Hall–Kier alpha value is -3.08. The van der Waals surface area contributed by atoms with E-state index in [1.165, 1.54) is 11.1 Å². The van der Waals surface area contributed by atoms with Crippen LogP contribution in [0.5, 0.6) is 0 Å². The summed E-state index contributed by atoms with van der Waals surface area (Å²) in [7, 11) is 0. The van der Waals surface area contributed by atoms with Crippen LogP contribution in [0.25, 0.3) is 10.9 Å². The summed E-state index contributed by atoms with van der Waals surface area (Å²) < 4.78 is 0. The summed E-state index contributed by atoms with van der Waals surface area (Å²) in [4.78, 5) is 14.1. The van der Waals surface area contributed by atoms with Crippen molar-refractivity contribution in [1.82, 2.24) is 25.1 Å². The van der Waals surface area contributed by atoms with Crippen LogP contribution < -0.4 is 0 Å². The van der Waals surface area contributed by atoms with Gasteiger partial charge >= 0.3 is 0 Å². The van der Waals surface area contributed by atoms with Gasteiger partial charge in [-0.05, 0) is 42.5 Å². The van der Waals surface area contributed by atoms with E-state index in [1.54, 1.807) is 0 Å². The highest BCUT2D eigenvalue weighted by Crippen LogP contribution is 2.26. The van der Waals surface area contributed by atoms with Gasteiger partial charge in [0.1, 0.15) is 5.82 Å². The highest BCUT2D eigenvalue weighted by atomic mass is 15.1. The minimum atomic E-state index is 0.225. The molecule has 3 aromatic heterocycles. The molecule has 0 aliphatic carbocycles. The first kappa shape index (κ1) is 20.2. The fourth-order valence-electron chi connectivity index (χ4n) is 3.87. The van der Waals surface area contributed by atoms with Crippen molar-refractivity contribution in [3.8, 4) is 0 Å². The van der Waals surface area contributed by atoms with Gasteiger partial charge in [0.05, 0.1) is 5.52 Å². The highest BCUT2D eigenvalue weighted by Gasteiger charge is 2.15. The molecule has 0 amide bonds. The summed E-state index contributed by atoms with van der Waals surface area (Å²) >= 11 is 0. The molecule has 30 heavy (non-hydrogen) atoms. The number of nitrogens with zero attached hydrogens (tertiary/aromatic N) is 4. The number of para-hydroxylation sites is 1. The SMILES string of the molecule is CC(C)c1cccc(CC(C)c2ncc(CC(C)c3[nH]nc4ccccc34)cn2)n1. The van der Waals surface area contributed by atoms with Crippen LogP contribution >= 0.6 is 0 Å². The largest absolute Gasteiger partial charge is 0.281 e. The topological polar surface area (TPSA) is 67.3 Å². The molecule has 0 aliphatic rings. The minimum absolute atomic E-state index is 0.225. The second kappa shape index (κ2) is 8.74. The standard InChI is InChI=1S/C25H29N5/c1-16(2)22-11-7-8-20(28-22)13-18(4)25-26-14-19(15-27-25)12-17(3)24-21-9-5-6-10-23(21)29-30-24/h5-11,14-18H,12-13H2,1-4H3,(H,29,30). The number of fused-ring (bicyclic) bond motifs is 1. The third-order valence-corrected chi connectivity index (χ3v) is 5.63. The predicted molar refractivity (Wildman–Crippen MR) is 121 cm³/mol. The average molecular weight is 400 g/mol. The molecule has 0 bridgehead atoms. The van der Waals surface area contributed by atoms with Crippen LogP contribution in [0.2, 0.25) is 0 Å². The number of aromatic nitrogens is 5. The molecule has 0 saturated heterocycles. The maximum absolute atomic E-state index is 4.78. The molecule has 0 radical (unpaired) electrons. The van der Waals surface area contributed by atoms with E-state index in [0.29, 0.717) is 11.8 Å². The van der Waals surface area contributed by atoms with Gasteiger partial charge in [-0.15, -0.1) is 0 Å². The molecule has 1 N–H and O–H groups in total. The first-order valence-electron chi connectivity index (χ1n) is 10.7. The number of H-pyrrole nitrogens is 1. The smallest absolute Gasteiger partial charge is 0.131 e. The number of rotatable bonds is 7. The van der Waals surface area contributed by atoms with Gasteiger partial charge in [-0.1, -0.05) is 52.0 Å². The van der Waals surface area contributed by atoms with Crippen molar-refractivity contribution in [3.05, 3.63) is 83.3 Å². The highest BCUT2D eigenvalue weighted by molar-refractivity contribution is 5.81. The van der Waals surface area contributed by atoms with Crippen molar-refractivity contribution in [2.24, 2.45) is 0 Å². The van der Waals surface area contributed by atoms with Gasteiger partial charge in [-0.2, -0.15) is 5.10 Å². The van der Waals surface area contributed by atoms with E-state index in [0.717, 1.165) is 41.1 Å². The third-order valence-electron chi connectivity index (χ3n) is 5.63. The van der Waals surface area contributed by atoms with E-state index < -0.39 is 0 Å². The van der Waals surface area contributed by atoms with Crippen molar-refractivity contribution in [2.45, 2.75) is 58.3 Å². The van der Waals surface area contributed by atoms with Crippen molar-refractivity contribution in [1.29, 1.82) is 0 Å². The number of hydrogen-bond donors (Lipinski definition) is 1. The average Bonchev–Trinajstić information content (AvgIpc) is 3.19. The van der Waals surface area contributed by atoms with Crippen molar-refractivity contribution in [2.75, 3.05) is 0 Å². The Balaban J connectivity index is 1.43. The zero-order valence-electron chi connectivity index (χ0n) is 18.1. The van der Waals surface area contributed by atoms with Crippen molar-refractivity contribution < 1.29 is 0 Å². The maximum Gasteiger partial charge on any atom is 0.131 e. The van der Waals surface area contributed by atoms with E-state index in [9.17, 15) is 0 Å². The molecule has 0 fully saturated rings. The first-order chi connectivity index (χ1) is 14.5. The van der Waals surface area contributed by atoms with Crippen molar-refractivity contribution in [3.63, 3.8) is 0 Å². The van der Waals surface area contributed by atoms with Crippen LogP contribution in [0.3, 0.4) is 0 Å². The molecule has 2 unspecified atom stereocenters. The lowest BCUT2D eigenvalue weighted by atomic mass is 9.97.